The molecular formula is C39H51N3O7Si. The molecule has 50 heavy (non-hydrogen) atoms. The van der Waals surface area contributed by atoms with E-state index in [-0.39, 0.29) is 12.0 Å². The van der Waals surface area contributed by atoms with E-state index in [9.17, 15) is 19.8 Å². The van der Waals surface area contributed by atoms with Crippen molar-refractivity contribution in [3.8, 4) is 11.5 Å². The zero-order valence-corrected chi connectivity index (χ0v) is 31.5. The van der Waals surface area contributed by atoms with Gasteiger partial charge in [0.05, 0.1) is 39.0 Å². The molecule has 5 atom stereocenters. The van der Waals surface area contributed by atoms with Gasteiger partial charge in [0.15, 0.2) is 5.72 Å². The molecule has 1 fully saturated rings. The molecule has 10 nitrogen and oxygen atoms in total. The number of nitrogens with zero attached hydrogens (tertiary/aromatic N) is 1. The zero-order chi connectivity index (χ0) is 36.9. The first kappa shape index (κ1) is 37.3. The second-order valence-corrected chi connectivity index (χ2v) is 20.8. The van der Waals surface area contributed by atoms with Gasteiger partial charge < -0.3 is 30.2 Å². The number of hydrogen-bond donors (Lipinski definition) is 4. The lowest BCUT2D eigenvalue weighted by Crippen LogP contribution is -2.68. The Bertz CT molecular complexity index is 1870. The molecule has 2 heterocycles. The molecule has 1 aliphatic rings. The summed E-state index contributed by atoms with van der Waals surface area (Å²) in [5, 5.41) is 24.9. The maximum atomic E-state index is 13.6. The van der Waals surface area contributed by atoms with Crippen molar-refractivity contribution in [3.05, 3.63) is 128 Å². The number of H-pyrrole nitrogens is 1. The van der Waals surface area contributed by atoms with Crippen LogP contribution < -0.4 is 26.5 Å². The van der Waals surface area contributed by atoms with E-state index in [2.05, 4.69) is 38.8 Å². The Morgan fingerprint density at radius 3 is 1.84 bits per heavy atom. The number of hydrogen-bond acceptors (Lipinski definition) is 8. The Morgan fingerprint density at radius 2 is 1.40 bits per heavy atom. The minimum Gasteiger partial charge on any atom is -0.497 e. The molecule has 0 amide bonds. The topological polar surface area (TPSA) is 149 Å². The monoisotopic (exact) mass is 701 g/mol. The fourth-order valence-corrected chi connectivity index (χ4v) is 10.4. The van der Waals surface area contributed by atoms with E-state index >= 15 is 0 Å². The molecule has 268 valence electrons. The standard InChI is InChI=1S/C39H51N3O7Si/c1-25-23-42(35(45)41-34(25)44)37(26(2)40)24-38(46,50(8,9)36(3,4)5)33(49-37)32(43)39(27-13-11-10-12-14-27,28-15-19-30(47-6)20-16-28)29-17-21-31(48-7)22-18-29/h10-23,26,32-33,43,46H,24,40H2,1-9H3,(H,41,44,45)/t26?,32?,33-,37+,38-/m1/s1. The molecule has 0 radical (unpaired) electrons. The number of aliphatic hydroxyl groups excluding tert-OH is 1. The lowest BCUT2D eigenvalue weighted by molar-refractivity contribution is -0.162. The van der Waals surface area contributed by atoms with Gasteiger partial charge in [-0.1, -0.05) is 88.5 Å². The van der Waals surface area contributed by atoms with E-state index in [4.69, 9.17) is 19.9 Å². The molecule has 1 saturated heterocycles. The normalized spacial score (nSPS) is 22.6. The van der Waals surface area contributed by atoms with Crippen LogP contribution in [0.2, 0.25) is 18.1 Å². The quantitative estimate of drug-likeness (QED) is 0.136. The average molecular weight is 702 g/mol. The predicted molar refractivity (Wildman–Crippen MR) is 198 cm³/mol. The number of nitrogens with two attached hydrogens (primary N) is 1. The van der Waals surface area contributed by atoms with E-state index in [0.717, 1.165) is 16.7 Å². The molecule has 0 spiro atoms. The molecule has 5 N–H and O–H groups in total. The zero-order valence-electron chi connectivity index (χ0n) is 30.5. The van der Waals surface area contributed by atoms with Crippen LogP contribution in [-0.2, 0) is 15.9 Å². The van der Waals surface area contributed by atoms with Crippen LogP contribution in [0.3, 0.4) is 0 Å². The number of aliphatic hydroxyl groups is 2. The van der Waals surface area contributed by atoms with Gasteiger partial charge in [0.2, 0.25) is 0 Å². The third kappa shape index (κ3) is 5.74. The minimum absolute atomic E-state index is 0.0998. The fraction of sp³-hybridized carbons (Fsp3) is 0.436. The smallest absolute Gasteiger partial charge is 0.330 e. The summed E-state index contributed by atoms with van der Waals surface area (Å²) in [7, 11) is 0.235. The lowest BCUT2D eigenvalue weighted by Gasteiger charge is -2.52. The van der Waals surface area contributed by atoms with Gasteiger partial charge in [-0.05, 0) is 59.8 Å². The summed E-state index contributed by atoms with van der Waals surface area (Å²) in [5.41, 5.74) is 5.04. The summed E-state index contributed by atoms with van der Waals surface area (Å²) in [6, 6.07) is 23.8. The summed E-state index contributed by atoms with van der Waals surface area (Å²) in [4.78, 5) is 28.5. The van der Waals surface area contributed by atoms with E-state index in [1.165, 1.54) is 10.8 Å². The van der Waals surface area contributed by atoms with Crippen LogP contribution in [0.1, 0.15) is 56.4 Å². The van der Waals surface area contributed by atoms with Crippen molar-refractivity contribution in [1.82, 2.24) is 9.55 Å². The highest BCUT2D eigenvalue weighted by Gasteiger charge is 2.70. The third-order valence-electron chi connectivity index (χ3n) is 11.6. The molecule has 5 rings (SSSR count). The molecule has 1 aliphatic heterocycles. The van der Waals surface area contributed by atoms with Crippen molar-refractivity contribution >= 4 is 8.07 Å². The Labute approximate surface area is 294 Å². The summed E-state index contributed by atoms with van der Waals surface area (Å²) >= 11 is 0. The number of aromatic nitrogens is 2. The van der Waals surface area contributed by atoms with Crippen molar-refractivity contribution in [2.24, 2.45) is 5.73 Å². The van der Waals surface area contributed by atoms with E-state index in [1.807, 2.05) is 78.9 Å². The van der Waals surface area contributed by atoms with Crippen molar-refractivity contribution in [2.75, 3.05) is 14.2 Å². The van der Waals surface area contributed by atoms with Gasteiger partial charge >= 0.3 is 5.69 Å². The first-order valence-corrected chi connectivity index (χ1v) is 19.9. The van der Waals surface area contributed by atoms with Crippen molar-refractivity contribution < 1.29 is 24.4 Å². The third-order valence-corrected chi connectivity index (χ3v) is 17.9. The SMILES string of the molecule is COc1ccc(C(c2ccccc2)(c2ccc(OC)cc2)C(O)[C@H]2O[C@@](C(C)N)(n3cc(C)c(=O)[nH]c3=O)C[C@@]2(O)[Si](C)(C)C(C)(C)C)cc1. The van der Waals surface area contributed by atoms with E-state index in [0.29, 0.717) is 11.5 Å². The summed E-state index contributed by atoms with van der Waals surface area (Å²) in [6.45, 7) is 13.7. The number of methoxy groups -OCH3 is 2. The summed E-state index contributed by atoms with van der Waals surface area (Å²) in [6.07, 6.45) is -1.40. The Morgan fingerprint density at radius 1 is 0.920 bits per heavy atom. The first-order chi connectivity index (χ1) is 23.4. The van der Waals surface area contributed by atoms with Gasteiger partial charge in [-0.15, -0.1) is 0 Å². The maximum Gasteiger partial charge on any atom is 0.330 e. The highest BCUT2D eigenvalue weighted by molar-refractivity contribution is 6.83. The van der Waals surface area contributed by atoms with Crippen LogP contribution in [0, 0.1) is 6.92 Å². The minimum atomic E-state index is -2.95. The van der Waals surface area contributed by atoms with Gasteiger partial charge in [-0.25, -0.2) is 4.79 Å². The second kappa shape index (κ2) is 13.3. The highest BCUT2D eigenvalue weighted by Crippen LogP contribution is 2.57. The number of nitrogens with one attached hydrogen (secondary N) is 1. The van der Waals surface area contributed by atoms with Gasteiger partial charge in [0, 0.05) is 18.2 Å². The van der Waals surface area contributed by atoms with Crippen LogP contribution in [0.25, 0.3) is 0 Å². The van der Waals surface area contributed by atoms with Crippen LogP contribution in [0.4, 0.5) is 0 Å². The van der Waals surface area contributed by atoms with E-state index in [1.54, 1.807) is 28.1 Å². The lowest BCUT2D eigenvalue weighted by atomic mass is 9.64. The second-order valence-electron chi connectivity index (χ2n) is 15.2. The molecule has 4 aromatic rings. The molecule has 2 unspecified atom stereocenters. The Balaban J connectivity index is 1.90. The van der Waals surface area contributed by atoms with Crippen LogP contribution in [0.15, 0.2) is 94.6 Å². The molecule has 3 aromatic carbocycles. The maximum absolute atomic E-state index is 13.6. The molecular weight excluding hydrogens is 651 g/mol. The predicted octanol–water partition coefficient (Wildman–Crippen LogP) is 4.83. The van der Waals surface area contributed by atoms with Gasteiger partial charge in [-0.3, -0.25) is 14.3 Å². The first-order valence-electron chi connectivity index (χ1n) is 16.9. The largest absolute Gasteiger partial charge is 0.497 e. The Hall–Kier alpha value is -4.00. The number of aromatic amines is 1. The molecule has 0 saturated carbocycles. The van der Waals surface area contributed by atoms with Crippen molar-refractivity contribution in [2.45, 2.75) is 93.8 Å². The van der Waals surface area contributed by atoms with Crippen molar-refractivity contribution in [1.29, 1.82) is 0 Å². The summed E-state index contributed by atoms with van der Waals surface area (Å²) in [5.74, 6) is 1.28. The van der Waals surface area contributed by atoms with Crippen molar-refractivity contribution in [3.63, 3.8) is 0 Å². The Kier molecular flexibility index (Phi) is 9.89. The molecule has 0 bridgehead atoms. The molecule has 0 aliphatic carbocycles. The molecule has 1 aromatic heterocycles. The van der Waals surface area contributed by atoms with Gasteiger partial charge in [0.25, 0.3) is 5.56 Å². The number of ether oxygens (including phenoxy) is 3. The highest BCUT2D eigenvalue weighted by atomic mass is 28.3. The fourth-order valence-electron chi connectivity index (χ4n) is 7.52. The van der Waals surface area contributed by atoms with Crippen LogP contribution >= 0.6 is 0 Å². The van der Waals surface area contributed by atoms with Crippen LogP contribution in [-0.4, -0.2) is 65.5 Å². The average Bonchev–Trinajstić information content (AvgIpc) is 3.43. The van der Waals surface area contributed by atoms with E-state index < -0.39 is 59.0 Å². The number of rotatable bonds is 10. The van der Waals surface area contributed by atoms with Gasteiger partial charge in [0.1, 0.15) is 23.7 Å². The molecule has 11 heteroatoms. The van der Waals surface area contributed by atoms with Gasteiger partial charge in [-0.2, -0.15) is 0 Å². The number of benzene rings is 3. The number of aryl methyl sites for hydroxylation is 1. The summed E-state index contributed by atoms with van der Waals surface area (Å²) < 4.78 is 19.4. The van der Waals surface area contributed by atoms with Crippen LogP contribution in [0.5, 0.6) is 11.5 Å².